The number of ether oxygens (including phenoxy) is 1. The molecule has 0 bridgehead atoms. The summed E-state index contributed by atoms with van der Waals surface area (Å²) in [6.07, 6.45) is 2.55. The van der Waals surface area contributed by atoms with E-state index in [1.165, 1.54) is 25.9 Å². The van der Waals surface area contributed by atoms with Crippen molar-refractivity contribution in [2.45, 2.75) is 39.7 Å². The molecule has 0 radical (unpaired) electrons. The number of likely N-dealkylation sites (tertiary alicyclic amines) is 1. The van der Waals surface area contributed by atoms with Gasteiger partial charge in [-0.05, 0) is 45.2 Å². The third-order valence-electron chi connectivity index (χ3n) is 3.23. The first-order chi connectivity index (χ1) is 6.07. The minimum absolute atomic E-state index is 0.431. The topological polar surface area (TPSA) is 12.5 Å². The summed E-state index contributed by atoms with van der Waals surface area (Å²) in [5, 5.41) is 0. The summed E-state index contributed by atoms with van der Waals surface area (Å²) in [7, 11) is 1.81. The molecule has 0 aliphatic carbocycles. The molecule has 0 spiro atoms. The van der Waals surface area contributed by atoms with Crippen molar-refractivity contribution in [2.24, 2.45) is 5.41 Å². The van der Waals surface area contributed by atoms with Crippen LogP contribution in [0, 0.1) is 5.41 Å². The predicted octanol–water partition coefficient (Wildman–Crippen LogP) is 2.14. The minimum Gasteiger partial charge on any atom is -0.384 e. The monoisotopic (exact) mass is 185 g/mol. The molecule has 13 heavy (non-hydrogen) atoms. The van der Waals surface area contributed by atoms with E-state index in [4.69, 9.17) is 4.74 Å². The molecule has 2 heteroatoms. The van der Waals surface area contributed by atoms with Gasteiger partial charge in [0.25, 0.3) is 0 Å². The summed E-state index contributed by atoms with van der Waals surface area (Å²) in [5.41, 5.74) is 0.431. The van der Waals surface area contributed by atoms with Crippen LogP contribution in [0.3, 0.4) is 0 Å². The lowest BCUT2D eigenvalue weighted by Crippen LogP contribution is -2.43. The van der Waals surface area contributed by atoms with Gasteiger partial charge in [0.15, 0.2) is 0 Å². The molecule has 1 aliphatic heterocycles. The quantitative estimate of drug-likeness (QED) is 0.668. The first-order valence-corrected chi connectivity index (χ1v) is 5.30. The smallest absolute Gasteiger partial charge is 0.0516 e. The highest BCUT2D eigenvalue weighted by molar-refractivity contribution is 4.83. The zero-order valence-electron chi connectivity index (χ0n) is 9.47. The second-order valence-electron chi connectivity index (χ2n) is 4.87. The van der Waals surface area contributed by atoms with Gasteiger partial charge >= 0.3 is 0 Å². The lowest BCUT2D eigenvalue weighted by Gasteiger charge is -2.40. The van der Waals surface area contributed by atoms with Gasteiger partial charge in [0.05, 0.1) is 6.61 Å². The van der Waals surface area contributed by atoms with Gasteiger partial charge in [-0.2, -0.15) is 0 Å². The Balaban J connectivity index is 2.37. The Labute approximate surface area is 82.3 Å². The van der Waals surface area contributed by atoms with Gasteiger partial charge in [0.2, 0.25) is 0 Å². The molecule has 1 rings (SSSR count). The maximum absolute atomic E-state index is 5.26. The van der Waals surface area contributed by atoms with Gasteiger partial charge < -0.3 is 9.64 Å². The maximum Gasteiger partial charge on any atom is 0.0516 e. The molecule has 1 saturated heterocycles. The summed E-state index contributed by atoms with van der Waals surface area (Å²) in [5.74, 6) is 0. The fourth-order valence-electron chi connectivity index (χ4n) is 2.07. The average molecular weight is 185 g/mol. The molecule has 1 fully saturated rings. The van der Waals surface area contributed by atoms with E-state index in [0.29, 0.717) is 11.5 Å². The highest BCUT2D eigenvalue weighted by Gasteiger charge is 2.30. The van der Waals surface area contributed by atoms with Crippen molar-refractivity contribution < 1.29 is 4.74 Å². The molecule has 78 valence electrons. The molecule has 2 nitrogen and oxygen atoms in total. The number of methoxy groups -OCH3 is 1. The van der Waals surface area contributed by atoms with Crippen LogP contribution in [-0.4, -0.2) is 37.7 Å². The summed E-state index contributed by atoms with van der Waals surface area (Å²) in [6.45, 7) is 10.3. The van der Waals surface area contributed by atoms with E-state index in [0.717, 1.165) is 6.61 Å². The molecule has 1 heterocycles. The van der Waals surface area contributed by atoms with Gasteiger partial charge in [-0.15, -0.1) is 0 Å². The van der Waals surface area contributed by atoms with Crippen LogP contribution in [0.1, 0.15) is 33.6 Å². The van der Waals surface area contributed by atoms with Crippen LogP contribution in [0.5, 0.6) is 0 Å². The molecule has 0 aromatic carbocycles. The van der Waals surface area contributed by atoms with Gasteiger partial charge in [-0.1, -0.05) is 6.92 Å². The predicted molar refractivity (Wildman–Crippen MR) is 55.9 cm³/mol. The summed E-state index contributed by atoms with van der Waals surface area (Å²) in [6, 6.07) is 0.701. The highest BCUT2D eigenvalue weighted by atomic mass is 16.5. The zero-order valence-corrected chi connectivity index (χ0v) is 9.47. The molecule has 0 aromatic rings. The first kappa shape index (κ1) is 11.0. The van der Waals surface area contributed by atoms with E-state index in [-0.39, 0.29) is 0 Å². The Kier molecular flexibility index (Phi) is 3.74. The van der Waals surface area contributed by atoms with Crippen molar-refractivity contribution in [3.8, 4) is 0 Å². The minimum atomic E-state index is 0.431. The maximum atomic E-state index is 5.26. The number of nitrogens with zero attached hydrogens (tertiary/aromatic N) is 1. The van der Waals surface area contributed by atoms with Crippen LogP contribution < -0.4 is 0 Å². The molecule has 0 atom stereocenters. The standard InChI is InChI=1S/C11H23NO/c1-10(2)12-7-5-11(3,6-8-12)9-13-4/h10H,5-9H2,1-4H3. The molecule has 0 unspecified atom stereocenters. The molecule has 0 N–H and O–H groups in total. The average Bonchev–Trinajstić information content (AvgIpc) is 2.05. The van der Waals surface area contributed by atoms with Gasteiger partial charge in [0.1, 0.15) is 0 Å². The highest BCUT2D eigenvalue weighted by Crippen LogP contribution is 2.31. The van der Waals surface area contributed by atoms with Crippen LogP contribution >= 0.6 is 0 Å². The van der Waals surface area contributed by atoms with E-state index in [9.17, 15) is 0 Å². The van der Waals surface area contributed by atoms with Crippen LogP contribution in [-0.2, 0) is 4.74 Å². The number of hydrogen-bond acceptors (Lipinski definition) is 2. The first-order valence-electron chi connectivity index (χ1n) is 5.30. The van der Waals surface area contributed by atoms with Gasteiger partial charge in [-0.3, -0.25) is 0 Å². The zero-order chi connectivity index (χ0) is 9.90. The fourth-order valence-corrected chi connectivity index (χ4v) is 2.07. The molecule has 0 amide bonds. The Morgan fingerprint density at radius 2 is 1.85 bits per heavy atom. The second kappa shape index (κ2) is 4.43. The summed E-state index contributed by atoms with van der Waals surface area (Å²) in [4.78, 5) is 2.55. The van der Waals surface area contributed by atoms with Crippen molar-refractivity contribution in [2.75, 3.05) is 26.8 Å². The normalized spacial score (nSPS) is 23.8. The lowest BCUT2D eigenvalue weighted by atomic mass is 9.81. The van der Waals surface area contributed by atoms with E-state index in [1.54, 1.807) is 7.11 Å². The molecule has 0 aromatic heterocycles. The third kappa shape index (κ3) is 2.96. The second-order valence-corrected chi connectivity index (χ2v) is 4.87. The van der Waals surface area contributed by atoms with Crippen LogP contribution in [0.15, 0.2) is 0 Å². The lowest BCUT2D eigenvalue weighted by molar-refractivity contribution is 0.0256. The van der Waals surface area contributed by atoms with Crippen molar-refractivity contribution in [1.29, 1.82) is 0 Å². The fraction of sp³-hybridized carbons (Fsp3) is 1.00. The van der Waals surface area contributed by atoms with E-state index >= 15 is 0 Å². The Morgan fingerprint density at radius 1 is 1.31 bits per heavy atom. The van der Waals surface area contributed by atoms with Crippen molar-refractivity contribution >= 4 is 0 Å². The third-order valence-corrected chi connectivity index (χ3v) is 3.23. The Morgan fingerprint density at radius 3 is 2.23 bits per heavy atom. The summed E-state index contributed by atoms with van der Waals surface area (Å²) < 4.78 is 5.26. The van der Waals surface area contributed by atoms with Gasteiger partial charge in [0, 0.05) is 13.2 Å². The Bertz CT molecular complexity index is 148. The molecular weight excluding hydrogens is 162 g/mol. The van der Waals surface area contributed by atoms with Crippen molar-refractivity contribution in [3.63, 3.8) is 0 Å². The summed E-state index contributed by atoms with van der Waals surface area (Å²) >= 11 is 0. The SMILES string of the molecule is COCC1(C)CCN(C(C)C)CC1. The van der Waals surface area contributed by atoms with Crippen LogP contribution in [0.4, 0.5) is 0 Å². The number of hydrogen-bond donors (Lipinski definition) is 0. The Hall–Kier alpha value is -0.0800. The van der Waals surface area contributed by atoms with E-state index in [1.807, 2.05) is 0 Å². The van der Waals surface area contributed by atoms with E-state index in [2.05, 4.69) is 25.7 Å². The molecule has 0 saturated carbocycles. The van der Waals surface area contributed by atoms with Crippen LogP contribution in [0.2, 0.25) is 0 Å². The molecular formula is C11H23NO. The largest absolute Gasteiger partial charge is 0.384 e. The van der Waals surface area contributed by atoms with Crippen molar-refractivity contribution in [1.82, 2.24) is 4.90 Å². The van der Waals surface area contributed by atoms with E-state index < -0.39 is 0 Å². The number of piperidine rings is 1. The molecule has 1 aliphatic rings. The number of rotatable bonds is 3. The van der Waals surface area contributed by atoms with Crippen molar-refractivity contribution in [3.05, 3.63) is 0 Å². The van der Waals surface area contributed by atoms with Crippen LogP contribution in [0.25, 0.3) is 0 Å². The van der Waals surface area contributed by atoms with Gasteiger partial charge in [-0.25, -0.2) is 0 Å².